The highest BCUT2D eigenvalue weighted by Gasteiger charge is 2.12. The number of rotatable bonds is 4. The Hall–Kier alpha value is -2.35. The molecule has 3 rings (SSSR count). The predicted octanol–water partition coefficient (Wildman–Crippen LogP) is 4.56. The first-order valence-electron chi connectivity index (χ1n) is 6.80. The van der Waals surface area contributed by atoms with Gasteiger partial charge in [0.25, 0.3) is 0 Å². The standard InChI is InChI=1S/C18H16O2/c1-13-7-10-17-15(11-13)12-18(20-17)16(19)9-8-14-5-3-2-4-6-14/h2-7,10-12H,8-9H2,1H3. The van der Waals surface area contributed by atoms with Gasteiger partial charge in [0.2, 0.25) is 0 Å². The summed E-state index contributed by atoms with van der Waals surface area (Å²) < 4.78 is 5.62. The van der Waals surface area contributed by atoms with Gasteiger partial charge < -0.3 is 4.42 Å². The molecule has 0 aliphatic heterocycles. The van der Waals surface area contributed by atoms with E-state index in [9.17, 15) is 4.79 Å². The Bertz CT molecular complexity index is 738. The van der Waals surface area contributed by atoms with Crippen LogP contribution in [0.15, 0.2) is 59.0 Å². The normalized spacial score (nSPS) is 10.8. The second-order valence-electron chi connectivity index (χ2n) is 5.06. The lowest BCUT2D eigenvalue weighted by Gasteiger charge is -1.98. The van der Waals surface area contributed by atoms with Gasteiger partial charge in [-0.1, -0.05) is 42.0 Å². The average Bonchev–Trinajstić information content (AvgIpc) is 2.89. The van der Waals surface area contributed by atoms with Gasteiger partial charge in [0.15, 0.2) is 11.5 Å². The summed E-state index contributed by atoms with van der Waals surface area (Å²) in [5, 5.41) is 0.994. The molecule has 1 heterocycles. The first kappa shape index (κ1) is 12.7. The van der Waals surface area contributed by atoms with Crippen molar-refractivity contribution in [3.05, 3.63) is 71.5 Å². The van der Waals surface area contributed by atoms with Crippen molar-refractivity contribution in [2.24, 2.45) is 0 Å². The molecule has 0 saturated heterocycles. The fourth-order valence-corrected chi connectivity index (χ4v) is 2.33. The van der Waals surface area contributed by atoms with Crippen LogP contribution in [0.25, 0.3) is 11.0 Å². The maximum atomic E-state index is 12.2. The molecule has 0 bridgehead atoms. The van der Waals surface area contributed by atoms with E-state index in [0.29, 0.717) is 12.2 Å². The molecule has 0 unspecified atom stereocenters. The van der Waals surface area contributed by atoms with E-state index in [2.05, 4.69) is 0 Å². The van der Waals surface area contributed by atoms with Crippen molar-refractivity contribution in [2.45, 2.75) is 19.8 Å². The SMILES string of the molecule is Cc1ccc2oc(C(=O)CCc3ccccc3)cc2c1. The highest BCUT2D eigenvalue weighted by Crippen LogP contribution is 2.22. The fourth-order valence-electron chi connectivity index (χ4n) is 2.33. The van der Waals surface area contributed by atoms with Crippen molar-refractivity contribution < 1.29 is 9.21 Å². The number of furan rings is 1. The molecule has 3 aromatic rings. The number of hydrogen-bond acceptors (Lipinski definition) is 2. The van der Waals surface area contributed by atoms with Crippen LogP contribution in [0.5, 0.6) is 0 Å². The summed E-state index contributed by atoms with van der Waals surface area (Å²) in [4.78, 5) is 12.2. The second-order valence-corrected chi connectivity index (χ2v) is 5.06. The van der Waals surface area contributed by atoms with Crippen LogP contribution in [0.2, 0.25) is 0 Å². The summed E-state index contributed by atoms with van der Waals surface area (Å²) in [6, 6.07) is 17.8. The quantitative estimate of drug-likeness (QED) is 0.647. The van der Waals surface area contributed by atoms with E-state index in [4.69, 9.17) is 4.42 Å². The Morgan fingerprint density at radius 3 is 2.65 bits per heavy atom. The van der Waals surface area contributed by atoms with E-state index in [1.165, 1.54) is 11.1 Å². The van der Waals surface area contributed by atoms with E-state index in [0.717, 1.165) is 17.4 Å². The van der Waals surface area contributed by atoms with E-state index >= 15 is 0 Å². The Kier molecular flexibility index (Phi) is 3.38. The Morgan fingerprint density at radius 2 is 1.85 bits per heavy atom. The lowest BCUT2D eigenvalue weighted by atomic mass is 10.1. The largest absolute Gasteiger partial charge is 0.453 e. The zero-order valence-electron chi connectivity index (χ0n) is 11.4. The van der Waals surface area contributed by atoms with E-state index in [1.807, 2.05) is 61.5 Å². The number of aryl methyl sites for hydroxylation is 2. The molecule has 0 spiro atoms. The number of fused-ring (bicyclic) bond motifs is 1. The minimum atomic E-state index is 0.0581. The van der Waals surface area contributed by atoms with Crippen LogP contribution in [0.3, 0.4) is 0 Å². The molecule has 0 amide bonds. The summed E-state index contributed by atoms with van der Waals surface area (Å²) in [5.74, 6) is 0.518. The van der Waals surface area contributed by atoms with Gasteiger partial charge in [0.1, 0.15) is 5.58 Å². The molecule has 2 aromatic carbocycles. The average molecular weight is 264 g/mol. The number of benzene rings is 2. The van der Waals surface area contributed by atoms with Crippen molar-refractivity contribution in [1.29, 1.82) is 0 Å². The third-order valence-electron chi connectivity index (χ3n) is 3.43. The number of carbonyl (C=O) groups excluding carboxylic acids is 1. The smallest absolute Gasteiger partial charge is 0.198 e. The molecule has 0 fully saturated rings. The molecule has 0 saturated carbocycles. The minimum absolute atomic E-state index is 0.0581. The Morgan fingerprint density at radius 1 is 1.05 bits per heavy atom. The molecular formula is C18H16O2. The molecule has 0 N–H and O–H groups in total. The molecule has 0 atom stereocenters. The summed E-state index contributed by atoms with van der Waals surface area (Å²) in [6.07, 6.45) is 1.22. The van der Waals surface area contributed by atoms with Crippen molar-refractivity contribution in [3.63, 3.8) is 0 Å². The van der Waals surface area contributed by atoms with Gasteiger partial charge in [-0.05, 0) is 37.1 Å². The summed E-state index contributed by atoms with van der Waals surface area (Å²) in [5.41, 5.74) is 3.12. The third-order valence-corrected chi connectivity index (χ3v) is 3.43. The van der Waals surface area contributed by atoms with Crippen LogP contribution in [-0.2, 0) is 6.42 Å². The van der Waals surface area contributed by atoms with Crippen LogP contribution < -0.4 is 0 Å². The molecule has 100 valence electrons. The third kappa shape index (κ3) is 2.64. The highest BCUT2D eigenvalue weighted by molar-refractivity contribution is 5.97. The number of hydrogen-bond donors (Lipinski definition) is 0. The van der Waals surface area contributed by atoms with Crippen molar-refractivity contribution >= 4 is 16.8 Å². The van der Waals surface area contributed by atoms with Crippen molar-refractivity contribution in [1.82, 2.24) is 0 Å². The molecule has 2 heteroatoms. The van der Waals surface area contributed by atoms with E-state index in [1.54, 1.807) is 0 Å². The topological polar surface area (TPSA) is 30.2 Å². The zero-order valence-corrected chi connectivity index (χ0v) is 11.4. The number of carbonyl (C=O) groups is 1. The molecule has 0 aliphatic carbocycles. The van der Waals surface area contributed by atoms with Crippen LogP contribution >= 0.6 is 0 Å². The molecular weight excluding hydrogens is 248 g/mol. The van der Waals surface area contributed by atoms with Gasteiger partial charge in [-0.15, -0.1) is 0 Å². The molecule has 0 aliphatic rings. The van der Waals surface area contributed by atoms with Gasteiger partial charge in [-0.2, -0.15) is 0 Å². The van der Waals surface area contributed by atoms with Gasteiger partial charge in [-0.25, -0.2) is 0 Å². The lowest BCUT2D eigenvalue weighted by molar-refractivity contribution is 0.0958. The first-order chi connectivity index (χ1) is 9.72. The van der Waals surface area contributed by atoms with Crippen LogP contribution in [0.1, 0.15) is 28.1 Å². The van der Waals surface area contributed by atoms with Gasteiger partial charge in [-0.3, -0.25) is 4.79 Å². The van der Waals surface area contributed by atoms with E-state index < -0.39 is 0 Å². The summed E-state index contributed by atoms with van der Waals surface area (Å²) in [7, 11) is 0. The summed E-state index contributed by atoms with van der Waals surface area (Å²) >= 11 is 0. The predicted molar refractivity (Wildman–Crippen MR) is 80.0 cm³/mol. The van der Waals surface area contributed by atoms with Crippen molar-refractivity contribution in [2.75, 3.05) is 0 Å². The minimum Gasteiger partial charge on any atom is -0.453 e. The summed E-state index contributed by atoms with van der Waals surface area (Å²) in [6.45, 7) is 2.03. The van der Waals surface area contributed by atoms with Crippen molar-refractivity contribution in [3.8, 4) is 0 Å². The van der Waals surface area contributed by atoms with Gasteiger partial charge in [0, 0.05) is 11.8 Å². The lowest BCUT2D eigenvalue weighted by Crippen LogP contribution is -1.99. The van der Waals surface area contributed by atoms with Crippen LogP contribution in [0, 0.1) is 6.92 Å². The van der Waals surface area contributed by atoms with Crippen LogP contribution in [0.4, 0.5) is 0 Å². The van der Waals surface area contributed by atoms with Crippen LogP contribution in [-0.4, -0.2) is 5.78 Å². The van der Waals surface area contributed by atoms with Gasteiger partial charge in [0.05, 0.1) is 0 Å². The molecule has 0 radical (unpaired) electrons. The van der Waals surface area contributed by atoms with Gasteiger partial charge >= 0.3 is 0 Å². The fraction of sp³-hybridized carbons (Fsp3) is 0.167. The molecule has 1 aromatic heterocycles. The first-order valence-corrected chi connectivity index (χ1v) is 6.80. The second kappa shape index (κ2) is 5.33. The maximum absolute atomic E-state index is 12.2. The Labute approximate surface area is 118 Å². The monoisotopic (exact) mass is 264 g/mol. The highest BCUT2D eigenvalue weighted by atomic mass is 16.3. The van der Waals surface area contributed by atoms with E-state index in [-0.39, 0.29) is 5.78 Å². The Balaban J connectivity index is 1.75. The number of Topliss-reactive ketones (excluding diaryl/α,β-unsaturated/α-hetero) is 1. The number of ketones is 1. The zero-order chi connectivity index (χ0) is 13.9. The molecule has 2 nitrogen and oxygen atoms in total. The molecule has 20 heavy (non-hydrogen) atoms. The maximum Gasteiger partial charge on any atom is 0.198 e.